The normalized spacial score (nSPS) is 29.3. The van der Waals surface area contributed by atoms with Gasteiger partial charge in [-0.25, -0.2) is 0 Å². The third-order valence-electron chi connectivity index (χ3n) is 3.27. The summed E-state index contributed by atoms with van der Waals surface area (Å²) in [5.74, 6) is 0.622. The highest BCUT2D eigenvalue weighted by Gasteiger charge is 2.37. The van der Waals surface area contributed by atoms with E-state index >= 15 is 0 Å². The molecule has 2 unspecified atom stereocenters. The Balaban J connectivity index is 2.31. The van der Waals surface area contributed by atoms with Crippen molar-refractivity contribution in [3.05, 3.63) is 0 Å². The molecule has 0 saturated heterocycles. The summed E-state index contributed by atoms with van der Waals surface area (Å²) < 4.78 is 5.73. The fraction of sp³-hybridized carbons (Fsp3) is 0.917. The van der Waals surface area contributed by atoms with Gasteiger partial charge < -0.3 is 15.8 Å². The molecule has 0 aliphatic heterocycles. The predicted molar refractivity (Wildman–Crippen MR) is 64.1 cm³/mol. The van der Waals surface area contributed by atoms with E-state index < -0.39 is 0 Å². The first kappa shape index (κ1) is 13.5. The van der Waals surface area contributed by atoms with Gasteiger partial charge in [0.1, 0.15) is 6.61 Å². The first-order chi connectivity index (χ1) is 7.62. The molecule has 1 fully saturated rings. The molecule has 0 aromatic rings. The molecule has 0 spiro atoms. The summed E-state index contributed by atoms with van der Waals surface area (Å²) in [5, 5.41) is 2.80. The van der Waals surface area contributed by atoms with Crippen molar-refractivity contribution >= 4 is 5.91 Å². The van der Waals surface area contributed by atoms with E-state index in [1.165, 1.54) is 0 Å². The Bertz CT molecular complexity index is 233. The Morgan fingerprint density at radius 3 is 2.88 bits per heavy atom. The molecule has 1 saturated carbocycles. The summed E-state index contributed by atoms with van der Waals surface area (Å²) in [6.45, 7) is 5.61. The molecular weight excluding hydrogens is 204 g/mol. The van der Waals surface area contributed by atoms with Crippen molar-refractivity contribution in [2.45, 2.75) is 45.1 Å². The van der Waals surface area contributed by atoms with Crippen LogP contribution in [0.1, 0.15) is 39.5 Å². The second kappa shape index (κ2) is 6.21. The Kier molecular flexibility index (Phi) is 5.22. The van der Waals surface area contributed by atoms with Crippen molar-refractivity contribution in [2.24, 2.45) is 11.7 Å². The van der Waals surface area contributed by atoms with Crippen LogP contribution in [0.25, 0.3) is 0 Å². The Hall–Kier alpha value is -0.610. The second-order valence-corrected chi connectivity index (χ2v) is 4.87. The SMILES string of the molecule is CCCNC(=O)COC1(CN)CCC(C)C1. The molecule has 2 atom stereocenters. The van der Waals surface area contributed by atoms with E-state index in [1.807, 2.05) is 6.92 Å². The van der Waals surface area contributed by atoms with Crippen molar-refractivity contribution in [2.75, 3.05) is 19.7 Å². The second-order valence-electron chi connectivity index (χ2n) is 4.87. The standard InChI is InChI=1S/C12H24N2O2/c1-3-6-14-11(15)8-16-12(9-13)5-4-10(2)7-12/h10H,3-9,13H2,1-2H3,(H,14,15). The van der Waals surface area contributed by atoms with Crippen LogP contribution >= 0.6 is 0 Å². The zero-order chi connectivity index (χ0) is 12.0. The lowest BCUT2D eigenvalue weighted by atomic mass is 10.0. The first-order valence-electron chi connectivity index (χ1n) is 6.22. The van der Waals surface area contributed by atoms with Crippen LogP contribution in [0.4, 0.5) is 0 Å². The van der Waals surface area contributed by atoms with Crippen LogP contribution in [0.3, 0.4) is 0 Å². The predicted octanol–water partition coefficient (Wildman–Crippen LogP) is 1.05. The minimum Gasteiger partial charge on any atom is -0.364 e. The van der Waals surface area contributed by atoms with E-state index in [1.54, 1.807) is 0 Å². The third kappa shape index (κ3) is 3.76. The number of carbonyl (C=O) groups is 1. The van der Waals surface area contributed by atoms with Crippen molar-refractivity contribution in [3.8, 4) is 0 Å². The molecule has 0 radical (unpaired) electrons. The summed E-state index contributed by atoms with van der Waals surface area (Å²) >= 11 is 0. The van der Waals surface area contributed by atoms with Gasteiger partial charge in [-0.1, -0.05) is 13.8 Å². The zero-order valence-corrected chi connectivity index (χ0v) is 10.4. The molecule has 94 valence electrons. The minimum atomic E-state index is -0.247. The molecule has 4 heteroatoms. The van der Waals surface area contributed by atoms with Crippen LogP contribution in [-0.4, -0.2) is 31.2 Å². The number of nitrogens with one attached hydrogen (secondary N) is 1. The van der Waals surface area contributed by atoms with Crippen LogP contribution in [-0.2, 0) is 9.53 Å². The first-order valence-corrected chi connectivity index (χ1v) is 6.22. The summed E-state index contributed by atoms with van der Waals surface area (Å²) in [5.41, 5.74) is 5.51. The minimum absolute atomic E-state index is 0.0331. The number of amides is 1. The van der Waals surface area contributed by atoms with Gasteiger partial charge in [-0.3, -0.25) is 4.79 Å². The number of nitrogens with two attached hydrogens (primary N) is 1. The molecule has 1 rings (SSSR count). The van der Waals surface area contributed by atoms with Crippen LogP contribution < -0.4 is 11.1 Å². The van der Waals surface area contributed by atoms with E-state index in [0.29, 0.717) is 19.0 Å². The molecule has 0 heterocycles. The molecule has 1 aliphatic carbocycles. The molecule has 4 nitrogen and oxygen atoms in total. The van der Waals surface area contributed by atoms with Gasteiger partial charge in [0.15, 0.2) is 0 Å². The van der Waals surface area contributed by atoms with Crippen LogP contribution in [0.2, 0.25) is 0 Å². The van der Waals surface area contributed by atoms with Crippen molar-refractivity contribution in [3.63, 3.8) is 0 Å². The lowest BCUT2D eigenvalue weighted by Gasteiger charge is -2.27. The fourth-order valence-electron chi connectivity index (χ4n) is 2.26. The van der Waals surface area contributed by atoms with Crippen LogP contribution in [0.15, 0.2) is 0 Å². The van der Waals surface area contributed by atoms with E-state index in [2.05, 4.69) is 12.2 Å². The highest BCUT2D eigenvalue weighted by atomic mass is 16.5. The zero-order valence-electron chi connectivity index (χ0n) is 10.4. The molecule has 0 aromatic carbocycles. The quantitative estimate of drug-likeness (QED) is 0.714. The lowest BCUT2D eigenvalue weighted by Crippen LogP contribution is -2.41. The summed E-state index contributed by atoms with van der Waals surface area (Å²) in [7, 11) is 0. The molecule has 16 heavy (non-hydrogen) atoms. The van der Waals surface area contributed by atoms with Crippen LogP contribution in [0.5, 0.6) is 0 Å². The van der Waals surface area contributed by atoms with Gasteiger partial charge in [0, 0.05) is 13.1 Å². The Labute approximate surface area is 97.9 Å². The summed E-state index contributed by atoms with van der Waals surface area (Å²) in [4.78, 5) is 11.4. The largest absolute Gasteiger partial charge is 0.364 e. The number of carbonyl (C=O) groups excluding carboxylic acids is 1. The van der Waals surface area contributed by atoms with Gasteiger partial charge in [-0.15, -0.1) is 0 Å². The average Bonchev–Trinajstić information content (AvgIpc) is 2.66. The van der Waals surface area contributed by atoms with Gasteiger partial charge in [0.2, 0.25) is 5.91 Å². The maximum Gasteiger partial charge on any atom is 0.246 e. The molecule has 0 aromatic heterocycles. The maximum atomic E-state index is 11.4. The fourth-order valence-corrected chi connectivity index (χ4v) is 2.26. The molecule has 1 aliphatic rings. The Morgan fingerprint density at radius 2 is 2.38 bits per heavy atom. The number of rotatable bonds is 6. The third-order valence-corrected chi connectivity index (χ3v) is 3.27. The van der Waals surface area contributed by atoms with Gasteiger partial charge in [0.05, 0.1) is 5.60 Å². The number of ether oxygens (including phenoxy) is 1. The van der Waals surface area contributed by atoms with E-state index in [4.69, 9.17) is 10.5 Å². The Morgan fingerprint density at radius 1 is 1.62 bits per heavy atom. The van der Waals surface area contributed by atoms with E-state index in [0.717, 1.165) is 25.7 Å². The topological polar surface area (TPSA) is 64.3 Å². The van der Waals surface area contributed by atoms with E-state index in [-0.39, 0.29) is 18.1 Å². The number of hydrogen-bond acceptors (Lipinski definition) is 3. The molecule has 1 amide bonds. The van der Waals surface area contributed by atoms with Gasteiger partial charge in [0.25, 0.3) is 0 Å². The molecule has 0 bridgehead atoms. The van der Waals surface area contributed by atoms with Crippen molar-refractivity contribution in [1.82, 2.24) is 5.32 Å². The maximum absolute atomic E-state index is 11.4. The van der Waals surface area contributed by atoms with Gasteiger partial charge >= 0.3 is 0 Å². The summed E-state index contributed by atoms with van der Waals surface area (Å²) in [6.07, 6.45) is 4.05. The van der Waals surface area contributed by atoms with Crippen molar-refractivity contribution in [1.29, 1.82) is 0 Å². The average molecular weight is 228 g/mol. The monoisotopic (exact) mass is 228 g/mol. The molecular formula is C12H24N2O2. The van der Waals surface area contributed by atoms with Crippen molar-refractivity contribution < 1.29 is 9.53 Å². The van der Waals surface area contributed by atoms with Crippen LogP contribution in [0, 0.1) is 5.92 Å². The molecule has 3 N–H and O–H groups in total. The van der Waals surface area contributed by atoms with Gasteiger partial charge in [-0.2, -0.15) is 0 Å². The highest BCUT2D eigenvalue weighted by molar-refractivity contribution is 5.77. The summed E-state index contributed by atoms with van der Waals surface area (Å²) in [6, 6.07) is 0. The van der Waals surface area contributed by atoms with E-state index in [9.17, 15) is 4.79 Å². The lowest BCUT2D eigenvalue weighted by molar-refractivity contribution is -0.132. The highest BCUT2D eigenvalue weighted by Crippen LogP contribution is 2.36. The van der Waals surface area contributed by atoms with Gasteiger partial charge in [-0.05, 0) is 31.6 Å². The smallest absolute Gasteiger partial charge is 0.246 e. The number of hydrogen-bond donors (Lipinski definition) is 2.